The van der Waals surface area contributed by atoms with E-state index in [-0.39, 0.29) is 0 Å². The summed E-state index contributed by atoms with van der Waals surface area (Å²) in [5.41, 5.74) is 8.65. The van der Waals surface area contributed by atoms with E-state index >= 15 is 0 Å². The van der Waals surface area contributed by atoms with E-state index in [0.717, 1.165) is 21.8 Å². The average molecular weight is 258 g/mol. The topological polar surface area (TPSA) is 48.1 Å². The SMILES string of the molecule is C#CCOCc1cccc(-c2nc(CN)cs2)c1. The minimum Gasteiger partial charge on any atom is -0.364 e. The highest BCUT2D eigenvalue weighted by molar-refractivity contribution is 7.13. The number of rotatable bonds is 5. The predicted octanol–water partition coefficient (Wildman–Crippen LogP) is 2.42. The van der Waals surface area contributed by atoms with Crippen LogP contribution in [0.15, 0.2) is 29.6 Å². The van der Waals surface area contributed by atoms with Crippen molar-refractivity contribution in [1.82, 2.24) is 4.98 Å². The summed E-state index contributed by atoms with van der Waals surface area (Å²) in [6.45, 7) is 1.33. The van der Waals surface area contributed by atoms with Crippen LogP contribution in [0, 0.1) is 12.3 Å². The molecule has 0 radical (unpaired) electrons. The van der Waals surface area contributed by atoms with Crippen molar-refractivity contribution in [2.45, 2.75) is 13.2 Å². The summed E-state index contributed by atoms with van der Waals surface area (Å²) in [6.07, 6.45) is 5.14. The number of thiazole rings is 1. The fourth-order valence-electron chi connectivity index (χ4n) is 1.56. The minimum atomic E-state index is 0.332. The fourth-order valence-corrected chi connectivity index (χ4v) is 2.38. The normalized spacial score (nSPS) is 10.2. The van der Waals surface area contributed by atoms with Gasteiger partial charge in [0.25, 0.3) is 0 Å². The maximum atomic E-state index is 5.56. The summed E-state index contributed by atoms with van der Waals surface area (Å²) in [5.74, 6) is 2.45. The van der Waals surface area contributed by atoms with Crippen LogP contribution in [0.5, 0.6) is 0 Å². The van der Waals surface area contributed by atoms with Gasteiger partial charge >= 0.3 is 0 Å². The summed E-state index contributed by atoms with van der Waals surface area (Å²) in [5, 5.41) is 2.96. The van der Waals surface area contributed by atoms with Gasteiger partial charge in [0.2, 0.25) is 0 Å². The Kier molecular flexibility index (Phi) is 4.48. The molecule has 1 aromatic carbocycles. The number of terminal acetylenes is 1. The maximum Gasteiger partial charge on any atom is 0.123 e. The Bertz CT molecular complexity index is 557. The first kappa shape index (κ1) is 12.8. The molecule has 0 saturated heterocycles. The molecule has 0 bridgehead atoms. The van der Waals surface area contributed by atoms with Crippen LogP contribution in [0.25, 0.3) is 10.6 Å². The van der Waals surface area contributed by atoms with Crippen LogP contribution in [0.2, 0.25) is 0 Å². The lowest BCUT2D eigenvalue weighted by Crippen LogP contribution is -1.96. The molecule has 1 aromatic heterocycles. The van der Waals surface area contributed by atoms with Crippen molar-refractivity contribution in [3.8, 4) is 22.9 Å². The monoisotopic (exact) mass is 258 g/mol. The number of benzene rings is 1. The molecule has 0 amide bonds. The van der Waals surface area contributed by atoms with E-state index in [1.54, 1.807) is 11.3 Å². The third-order valence-electron chi connectivity index (χ3n) is 2.39. The quantitative estimate of drug-likeness (QED) is 0.662. The van der Waals surface area contributed by atoms with Gasteiger partial charge < -0.3 is 10.5 Å². The van der Waals surface area contributed by atoms with E-state index in [1.807, 2.05) is 23.6 Å². The van der Waals surface area contributed by atoms with Crippen molar-refractivity contribution in [1.29, 1.82) is 0 Å². The molecule has 2 aromatic rings. The first-order valence-electron chi connectivity index (χ1n) is 5.58. The van der Waals surface area contributed by atoms with Gasteiger partial charge in [-0.3, -0.25) is 0 Å². The highest BCUT2D eigenvalue weighted by Gasteiger charge is 2.04. The van der Waals surface area contributed by atoms with E-state index < -0.39 is 0 Å². The molecule has 2 N–H and O–H groups in total. The molecule has 0 atom stereocenters. The van der Waals surface area contributed by atoms with Crippen LogP contribution in [0.3, 0.4) is 0 Å². The predicted molar refractivity (Wildman–Crippen MR) is 73.9 cm³/mol. The Morgan fingerprint density at radius 3 is 3.06 bits per heavy atom. The van der Waals surface area contributed by atoms with Crippen LogP contribution in [-0.2, 0) is 17.9 Å². The van der Waals surface area contributed by atoms with E-state index in [1.165, 1.54) is 0 Å². The lowest BCUT2D eigenvalue weighted by molar-refractivity contribution is 0.153. The van der Waals surface area contributed by atoms with Gasteiger partial charge in [-0.15, -0.1) is 17.8 Å². The molecule has 0 aliphatic heterocycles. The molecule has 0 saturated carbocycles. The first-order valence-corrected chi connectivity index (χ1v) is 6.46. The molecule has 0 aliphatic carbocycles. The molecule has 0 fully saturated rings. The van der Waals surface area contributed by atoms with E-state index in [2.05, 4.69) is 17.0 Å². The number of hydrogen-bond donors (Lipinski definition) is 1. The van der Waals surface area contributed by atoms with Crippen LogP contribution in [0.1, 0.15) is 11.3 Å². The largest absolute Gasteiger partial charge is 0.364 e. The minimum absolute atomic E-state index is 0.332. The summed E-state index contributed by atoms with van der Waals surface area (Å²) >= 11 is 1.60. The molecule has 0 unspecified atom stereocenters. The van der Waals surface area contributed by atoms with Gasteiger partial charge in [0.1, 0.15) is 11.6 Å². The van der Waals surface area contributed by atoms with Gasteiger partial charge in [-0.1, -0.05) is 24.1 Å². The highest BCUT2D eigenvalue weighted by Crippen LogP contribution is 2.24. The van der Waals surface area contributed by atoms with Crippen molar-refractivity contribution in [2.24, 2.45) is 5.73 Å². The second-order valence-electron chi connectivity index (χ2n) is 3.75. The first-order chi connectivity index (χ1) is 8.83. The molecule has 0 aliphatic rings. The Morgan fingerprint density at radius 2 is 2.33 bits per heavy atom. The van der Waals surface area contributed by atoms with Crippen molar-refractivity contribution >= 4 is 11.3 Å². The maximum absolute atomic E-state index is 5.56. The van der Waals surface area contributed by atoms with Crippen molar-refractivity contribution < 1.29 is 4.74 Å². The second-order valence-corrected chi connectivity index (χ2v) is 4.60. The average Bonchev–Trinajstić information content (AvgIpc) is 2.88. The Labute approximate surface area is 111 Å². The Balaban J connectivity index is 2.14. The van der Waals surface area contributed by atoms with Crippen molar-refractivity contribution in [3.63, 3.8) is 0 Å². The zero-order chi connectivity index (χ0) is 12.8. The summed E-state index contributed by atoms with van der Waals surface area (Å²) in [7, 11) is 0. The van der Waals surface area contributed by atoms with Crippen LogP contribution >= 0.6 is 11.3 Å². The van der Waals surface area contributed by atoms with Gasteiger partial charge in [-0.25, -0.2) is 4.98 Å². The van der Waals surface area contributed by atoms with E-state index in [9.17, 15) is 0 Å². The van der Waals surface area contributed by atoms with Crippen LogP contribution < -0.4 is 5.73 Å². The number of nitrogens with zero attached hydrogens (tertiary/aromatic N) is 1. The van der Waals surface area contributed by atoms with Gasteiger partial charge in [-0.05, 0) is 11.6 Å². The van der Waals surface area contributed by atoms with Gasteiger partial charge in [0, 0.05) is 17.5 Å². The molecule has 18 heavy (non-hydrogen) atoms. The van der Waals surface area contributed by atoms with E-state index in [0.29, 0.717) is 19.8 Å². The number of ether oxygens (including phenoxy) is 1. The lowest BCUT2D eigenvalue weighted by atomic mass is 10.1. The fraction of sp³-hybridized carbons (Fsp3) is 0.214. The summed E-state index contributed by atoms with van der Waals surface area (Å²) < 4.78 is 5.31. The Morgan fingerprint density at radius 1 is 1.44 bits per heavy atom. The number of hydrogen-bond acceptors (Lipinski definition) is 4. The summed E-state index contributed by atoms with van der Waals surface area (Å²) in [4.78, 5) is 4.46. The standard InChI is InChI=1S/C14H14N2OS/c1-2-6-17-9-11-4-3-5-12(7-11)14-16-13(8-15)10-18-14/h1,3-5,7,10H,6,8-9,15H2. The molecule has 0 spiro atoms. The number of nitrogens with two attached hydrogens (primary N) is 1. The third kappa shape index (κ3) is 3.17. The van der Waals surface area contributed by atoms with Crippen molar-refractivity contribution in [2.75, 3.05) is 6.61 Å². The smallest absolute Gasteiger partial charge is 0.123 e. The molecular weight excluding hydrogens is 244 g/mol. The number of aromatic nitrogens is 1. The Hall–Kier alpha value is -1.67. The summed E-state index contributed by atoms with van der Waals surface area (Å²) in [6, 6.07) is 8.10. The zero-order valence-electron chi connectivity index (χ0n) is 9.93. The molecular formula is C14H14N2OS. The van der Waals surface area contributed by atoms with Crippen molar-refractivity contribution in [3.05, 3.63) is 40.9 Å². The van der Waals surface area contributed by atoms with Gasteiger partial charge in [-0.2, -0.15) is 0 Å². The molecule has 4 heteroatoms. The lowest BCUT2D eigenvalue weighted by Gasteiger charge is -2.03. The van der Waals surface area contributed by atoms with Gasteiger partial charge in [0.15, 0.2) is 0 Å². The second kappa shape index (κ2) is 6.31. The van der Waals surface area contributed by atoms with E-state index in [4.69, 9.17) is 16.9 Å². The molecule has 1 heterocycles. The third-order valence-corrected chi connectivity index (χ3v) is 3.33. The molecule has 2 rings (SSSR count). The highest BCUT2D eigenvalue weighted by atomic mass is 32.1. The molecule has 92 valence electrons. The zero-order valence-corrected chi connectivity index (χ0v) is 10.7. The van der Waals surface area contributed by atoms with Crippen LogP contribution in [-0.4, -0.2) is 11.6 Å². The van der Waals surface area contributed by atoms with Gasteiger partial charge in [0.05, 0.1) is 12.3 Å². The van der Waals surface area contributed by atoms with Crippen LogP contribution in [0.4, 0.5) is 0 Å². The molecule has 3 nitrogen and oxygen atoms in total.